The number of nitrogen functional groups attached to an aromatic ring is 1. The first-order chi connectivity index (χ1) is 10.1. The average Bonchev–Trinajstić information content (AvgIpc) is 2.41. The fourth-order valence-corrected chi connectivity index (χ4v) is 1.79. The molecule has 1 amide bonds. The maximum atomic E-state index is 11.9. The van der Waals surface area contributed by atoms with Gasteiger partial charge in [-0.3, -0.25) is 0 Å². The number of amides is 1. The van der Waals surface area contributed by atoms with Crippen LogP contribution >= 0.6 is 0 Å². The van der Waals surface area contributed by atoms with Crippen LogP contribution in [0.1, 0.15) is 32.4 Å². The Kier molecular flexibility index (Phi) is 5.76. The number of benzene rings is 1. The van der Waals surface area contributed by atoms with Gasteiger partial charge in [-0.2, -0.15) is 0 Å². The number of aliphatic hydroxyl groups excluding tert-OH is 1. The molecule has 1 aromatic carbocycles. The van der Waals surface area contributed by atoms with Crippen LogP contribution in [0, 0.1) is 0 Å². The van der Waals surface area contributed by atoms with Crippen LogP contribution in [-0.4, -0.2) is 36.0 Å². The van der Waals surface area contributed by atoms with E-state index in [-0.39, 0.29) is 0 Å². The number of anilines is 1. The zero-order valence-corrected chi connectivity index (χ0v) is 13.1. The highest BCUT2D eigenvalue weighted by Crippen LogP contribution is 2.21. The quantitative estimate of drug-likeness (QED) is 0.572. The van der Waals surface area contributed by atoms with Crippen molar-refractivity contribution in [1.29, 1.82) is 0 Å². The molecule has 0 unspecified atom stereocenters. The van der Waals surface area contributed by atoms with E-state index in [1.807, 2.05) is 0 Å². The second kappa shape index (κ2) is 7.13. The van der Waals surface area contributed by atoms with Gasteiger partial charge in [0.25, 0.3) is 0 Å². The summed E-state index contributed by atoms with van der Waals surface area (Å²) in [5, 5.41) is 12.5. The van der Waals surface area contributed by atoms with Gasteiger partial charge < -0.3 is 25.6 Å². The van der Waals surface area contributed by atoms with Crippen LogP contribution in [0.25, 0.3) is 0 Å². The van der Waals surface area contributed by atoms with Gasteiger partial charge in [0.2, 0.25) is 0 Å². The van der Waals surface area contributed by atoms with Crippen molar-refractivity contribution in [3.05, 3.63) is 29.8 Å². The van der Waals surface area contributed by atoms with Crippen molar-refractivity contribution in [3.8, 4) is 0 Å². The Labute approximate surface area is 129 Å². The lowest BCUT2D eigenvalue weighted by atomic mass is 10.0. The molecule has 22 heavy (non-hydrogen) atoms. The maximum Gasteiger partial charge on any atom is 0.408 e. The van der Waals surface area contributed by atoms with Gasteiger partial charge >= 0.3 is 12.1 Å². The summed E-state index contributed by atoms with van der Waals surface area (Å²) in [6.07, 6.45) is -2.35. The smallest absolute Gasteiger partial charge is 0.408 e. The third-order valence-corrected chi connectivity index (χ3v) is 2.70. The Bertz CT molecular complexity index is 539. The molecule has 7 heteroatoms. The minimum absolute atomic E-state index is 0.436. The largest absolute Gasteiger partial charge is 0.467 e. The standard InChI is InChI=1S/C15H22N2O5/c1-15(2,3)22-14(20)17-11(12(18)13(19)21-4)9-6-5-7-10(16)8-9/h5-8,11-12,18H,16H2,1-4H3,(H,17,20)/t11-,12-/m0/s1. The van der Waals surface area contributed by atoms with E-state index in [1.54, 1.807) is 45.0 Å². The third kappa shape index (κ3) is 5.25. The highest BCUT2D eigenvalue weighted by atomic mass is 16.6. The van der Waals surface area contributed by atoms with Crippen molar-refractivity contribution in [2.75, 3.05) is 12.8 Å². The lowest BCUT2D eigenvalue weighted by Crippen LogP contribution is -2.43. The summed E-state index contributed by atoms with van der Waals surface area (Å²) in [6.45, 7) is 5.12. The number of hydrogen-bond acceptors (Lipinski definition) is 6. The number of nitrogens with two attached hydrogens (primary N) is 1. The SMILES string of the molecule is COC(=O)[C@@H](O)[C@@H](NC(=O)OC(C)(C)C)c1cccc(N)c1. The zero-order chi connectivity index (χ0) is 16.9. The zero-order valence-electron chi connectivity index (χ0n) is 13.1. The molecule has 122 valence electrons. The van der Waals surface area contributed by atoms with Gasteiger partial charge in [0.05, 0.1) is 13.2 Å². The molecule has 0 aliphatic carbocycles. The summed E-state index contributed by atoms with van der Waals surface area (Å²) in [7, 11) is 1.15. The molecule has 0 bridgehead atoms. The molecule has 0 aliphatic rings. The highest BCUT2D eigenvalue weighted by Gasteiger charge is 2.31. The van der Waals surface area contributed by atoms with E-state index >= 15 is 0 Å². The summed E-state index contributed by atoms with van der Waals surface area (Å²) >= 11 is 0. The second-order valence-electron chi connectivity index (χ2n) is 5.76. The molecule has 0 aromatic heterocycles. The van der Waals surface area contributed by atoms with Crippen molar-refractivity contribution in [2.45, 2.75) is 38.5 Å². The van der Waals surface area contributed by atoms with Crippen molar-refractivity contribution >= 4 is 17.7 Å². The van der Waals surface area contributed by atoms with Crippen LogP contribution in [-0.2, 0) is 14.3 Å². The number of methoxy groups -OCH3 is 1. The van der Waals surface area contributed by atoms with E-state index < -0.39 is 29.8 Å². The monoisotopic (exact) mass is 310 g/mol. The van der Waals surface area contributed by atoms with E-state index in [0.29, 0.717) is 11.3 Å². The van der Waals surface area contributed by atoms with Gasteiger partial charge in [0, 0.05) is 5.69 Å². The lowest BCUT2D eigenvalue weighted by molar-refractivity contribution is -0.152. The molecule has 0 aliphatic heterocycles. The van der Waals surface area contributed by atoms with E-state index in [1.165, 1.54) is 0 Å². The molecule has 2 atom stereocenters. The van der Waals surface area contributed by atoms with Crippen molar-refractivity contribution in [3.63, 3.8) is 0 Å². The van der Waals surface area contributed by atoms with E-state index in [0.717, 1.165) is 7.11 Å². The molecule has 0 saturated heterocycles. The Balaban J connectivity index is 3.02. The molecule has 7 nitrogen and oxygen atoms in total. The summed E-state index contributed by atoms with van der Waals surface area (Å²) in [4.78, 5) is 23.5. The minimum Gasteiger partial charge on any atom is -0.467 e. The summed E-state index contributed by atoms with van der Waals surface area (Å²) < 4.78 is 9.65. The highest BCUT2D eigenvalue weighted by molar-refractivity contribution is 5.77. The molecule has 0 radical (unpaired) electrons. The molecule has 1 rings (SSSR count). The molecule has 1 aromatic rings. The van der Waals surface area contributed by atoms with E-state index in [9.17, 15) is 14.7 Å². The number of aliphatic hydroxyl groups is 1. The molecule has 4 N–H and O–H groups in total. The van der Waals surface area contributed by atoms with Crippen LogP contribution < -0.4 is 11.1 Å². The molecule has 0 heterocycles. The predicted octanol–water partition coefficient (Wildman–Crippen LogP) is 1.37. The number of nitrogens with one attached hydrogen (secondary N) is 1. The van der Waals surface area contributed by atoms with Gasteiger partial charge in [0.15, 0.2) is 6.10 Å². The molecule has 0 fully saturated rings. The van der Waals surface area contributed by atoms with Gasteiger partial charge in [0.1, 0.15) is 5.60 Å². The Morgan fingerprint density at radius 1 is 1.32 bits per heavy atom. The predicted molar refractivity (Wildman–Crippen MR) is 81.0 cm³/mol. The van der Waals surface area contributed by atoms with Gasteiger partial charge in [-0.25, -0.2) is 9.59 Å². The Hall–Kier alpha value is -2.28. The van der Waals surface area contributed by atoms with E-state index in [4.69, 9.17) is 10.5 Å². The first-order valence-corrected chi connectivity index (χ1v) is 6.75. The summed E-state index contributed by atoms with van der Waals surface area (Å²) in [6, 6.07) is 5.45. The third-order valence-electron chi connectivity index (χ3n) is 2.70. The summed E-state index contributed by atoms with van der Waals surface area (Å²) in [5.41, 5.74) is 5.89. The van der Waals surface area contributed by atoms with Crippen LogP contribution in [0.4, 0.5) is 10.5 Å². The Morgan fingerprint density at radius 2 is 1.95 bits per heavy atom. The number of carbonyl (C=O) groups is 2. The number of rotatable bonds is 4. The molecule has 0 spiro atoms. The van der Waals surface area contributed by atoms with Crippen LogP contribution in [0.3, 0.4) is 0 Å². The fraction of sp³-hybridized carbons (Fsp3) is 0.467. The first kappa shape index (κ1) is 17.8. The Morgan fingerprint density at radius 3 is 2.45 bits per heavy atom. The minimum atomic E-state index is -1.58. The fourth-order valence-electron chi connectivity index (χ4n) is 1.79. The molecular weight excluding hydrogens is 288 g/mol. The summed E-state index contributed by atoms with van der Waals surface area (Å²) in [5.74, 6) is -0.872. The van der Waals surface area contributed by atoms with Gasteiger partial charge in [-0.15, -0.1) is 0 Å². The van der Waals surface area contributed by atoms with Crippen LogP contribution in [0.2, 0.25) is 0 Å². The van der Waals surface area contributed by atoms with Gasteiger partial charge in [-0.1, -0.05) is 12.1 Å². The number of alkyl carbamates (subject to hydrolysis) is 1. The van der Waals surface area contributed by atoms with Crippen molar-refractivity contribution in [1.82, 2.24) is 5.32 Å². The maximum absolute atomic E-state index is 11.9. The number of esters is 1. The topological polar surface area (TPSA) is 111 Å². The van der Waals surface area contributed by atoms with Crippen LogP contribution in [0.15, 0.2) is 24.3 Å². The lowest BCUT2D eigenvalue weighted by Gasteiger charge is -2.26. The van der Waals surface area contributed by atoms with Crippen molar-refractivity contribution in [2.24, 2.45) is 0 Å². The number of hydrogen-bond donors (Lipinski definition) is 3. The number of ether oxygens (including phenoxy) is 2. The molecule has 0 saturated carbocycles. The van der Waals surface area contributed by atoms with E-state index in [2.05, 4.69) is 10.1 Å². The van der Waals surface area contributed by atoms with Crippen molar-refractivity contribution < 1.29 is 24.2 Å². The molecular formula is C15H22N2O5. The van der Waals surface area contributed by atoms with Crippen LogP contribution in [0.5, 0.6) is 0 Å². The second-order valence-corrected chi connectivity index (χ2v) is 5.76. The average molecular weight is 310 g/mol. The van der Waals surface area contributed by atoms with Gasteiger partial charge in [-0.05, 0) is 38.5 Å². The first-order valence-electron chi connectivity index (χ1n) is 6.75. The number of carbonyl (C=O) groups excluding carboxylic acids is 2. The normalized spacial score (nSPS) is 13.9.